The maximum absolute atomic E-state index is 12.5. The predicted octanol–water partition coefficient (Wildman–Crippen LogP) is 1.81. The van der Waals surface area contributed by atoms with Crippen molar-refractivity contribution in [2.45, 2.75) is 13.8 Å². The highest BCUT2D eigenvalue weighted by Gasteiger charge is 2.24. The molecule has 0 aliphatic heterocycles. The van der Waals surface area contributed by atoms with Crippen LogP contribution >= 0.6 is 0 Å². The van der Waals surface area contributed by atoms with Gasteiger partial charge in [0.1, 0.15) is 6.54 Å². The molecule has 2 aromatic rings. The Morgan fingerprint density at radius 1 is 1.04 bits per heavy atom. The zero-order chi connectivity index (χ0) is 19.5. The van der Waals surface area contributed by atoms with Crippen molar-refractivity contribution >= 4 is 33.2 Å². The second-order valence-electron chi connectivity index (χ2n) is 5.97. The van der Waals surface area contributed by atoms with Crippen LogP contribution in [0.2, 0.25) is 0 Å². The molecule has 0 fully saturated rings. The number of para-hydroxylation sites is 2. The van der Waals surface area contributed by atoms with Gasteiger partial charge in [-0.05, 0) is 37.1 Å². The molecule has 2 aromatic carbocycles. The lowest BCUT2D eigenvalue weighted by atomic mass is 10.1. The summed E-state index contributed by atoms with van der Waals surface area (Å²) in [5.41, 5.74) is 7.62. The van der Waals surface area contributed by atoms with E-state index < -0.39 is 28.4 Å². The van der Waals surface area contributed by atoms with Crippen molar-refractivity contribution in [3.8, 4) is 0 Å². The molecule has 0 atom stereocenters. The molecule has 2 rings (SSSR count). The predicted molar refractivity (Wildman–Crippen MR) is 102 cm³/mol. The van der Waals surface area contributed by atoms with Gasteiger partial charge in [-0.2, -0.15) is 0 Å². The summed E-state index contributed by atoms with van der Waals surface area (Å²) in [6, 6.07) is 11.6. The number of benzene rings is 2. The normalized spacial score (nSPS) is 11.0. The highest BCUT2D eigenvalue weighted by atomic mass is 32.2. The van der Waals surface area contributed by atoms with Crippen LogP contribution in [0.4, 0.5) is 11.4 Å². The SMILES string of the molecule is Cc1cccc(C)c1N(CC(=O)Nc1ccccc1C(N)=O)S(C)(=O)=O. The fraction of sp³-hybridized carbons (Fsp3) is 0.222. The Kier molecular flexibility index (Phi) is 5.66. The van der Waals surface area contributed by atoms with E-state index in [4.69, 9.17) is 5.73 Å². The maximum atomic E-state index is 12.5. The van der Waals surface area contributed by atoms with Gasteiger partial charge in [-0.15, -0.1) is 0 Å². The zero-order valence-corrected chi connectivity index (χ0v) is 15.6. The molecule has 0 radical (unpaired) electrons. The molecular weight excluding hydrogens is 354 g/mol. The number of hydrogen-bond acceptors (Lipinski definition) is 4. The molecule has 7 nitrogen and oxygen atoms in total. The third-order valence-electron chi connectivity index (χ3n) is 3.84. The van der Waals surface area contributed by atoms with Gasteiger partial charge in [0.05, 0.1) is 23.2 Å². The topological polar surface area (TPSA) is 110 Å². The standard InChI is InChI=1S/C18H21N3O4S/c1-12-7-6-8-13(2)17(12)21(26(3,24)25)11-16(22)20-15-10-5-4-9-14(15)18(19)23/h4-10H,11H2,1-3H3,(H2,19,23)(H,20,22). The lowest BCUT2D eigenvalue weighted by Gasteiger charge is -2.25. The van der Waals surface area contributed by atoms with Crippen molar-refractivity contribution in [1.29, 1.82) is 0 Å². The number of anilines is 2. The second-order valence-corrected chi connectivity index (χ2v) is 7.87. The van der Waals surface area contributed by atoms with E-state index in [9.17, 15) is 18.0 Å². The minimum atomic E-state index is -3.70. The van der Waals surface area contributed by atoms with E-state index in [-0.39, 0.29) is 11.3 Å². The first-order valence-corrected chi connectivity index (χ1v) is 9.68. The molecule has 0 unspecified atom stereocenters. The number of nitrogens with two attached hydrogens (primary N) is 1. The average molecular weight is 375 g/mol. The van der Waals surface area contributed by atoms with Crippen molar-refractivity contribution in [1.82, 2.24) is 0 Å². The van der Waals surface area contributed by atoms with Crippen molar-refractivity contribution < 1.29 is 18.0 Å². The minimum absolute atomic E-state index is 0.152. The number of carbonyl (C=O) groups excluding carboxylic acids is 2. The number of nitrogens with one attached hydrogen (secondary N) is 1. The minimum Gasteiger partial charge on any atom is -0.366 e. The van der Waals surface area contributed by atoms with E-state index in [1.807, 2.05) is 6.07 Å². The van der Waals surface area contributed by atoms with E-state index >= 15 is 0 Å². The van der Waals surface area contributed by atoms with Crippen molar-refractivity contribution in [3.05, 3.63) is 59.2 Å². The monoisotopic (exact) mass is 375 g/mol. The fourth-order valence-electron chi connectivity index (χ4n) is 2.69. The highest BCUT2D eigenvalue weighted by Crippen LogP contribution is 2.26. The van der Waals surface area contributed by atoms with E-state index in [1.54, 1.807) is 38.1 Å². The molecule has 0 spiro atoms. The molecule has 0 bridgehead atoms. The molecule has 0 heterocycles. The van der Waals surface area contributed by atoms with Gasteiger partial charge in [0.2, 0.25) is 15.9 Å². The number of aryl methyl sites for hydroxylation is 2. The Bertz CT molecular complexity index is 934. The molecule has 0 saturated carbocycles. The molecule has 8 heteroatoms. The van der Waals surface area contributed by atoms with E-state index in [2.05, 4.69) is 5.32 Å². The first-order valence-electron chi connectivity index (χ1n) is 7.84. The van der Waals surface area contributed by atoms with Crippen LogP contribution in [0.25, 0.3) is 0 Å². The van der Waals surface area contributed by atoms with Crippen LogP contribution in [0.5, 0.6) is 0 Å². The number of nitrogens with zero attached hydrogens (tertiary/aromatic N) is 1. The lowest BCUT2D eigenvalue weighted by Crippen LogP contribution is -2.38. The van der Waals surface area contributed by atoms with Crippen LogP contribution in [0.15, 0.2) is 42.5 Å². The Balaban J connectivity index is 2.34. The van der Waals surface area contributed by atoms with Gasteiger partial charge < -0.3 is 11.1 Å². The summed E-state index contributed by atoms with van der Waals surface area (Å²) < 4.78 is 25.6. The Morgan fingerprint density at radius 2 is 1.62 bits per heavy atom. The van der Waals surface area contributed by atoms with E-state index in [0.717, 1.165) is 21.7 Å². The van der Waals surface area contributed by atoms with Crippen molar-refractivity contribution in [2.75, 3.05) is 22.4 Å². The Labute approximate surface area is 152 Å². The third kappa shape index (κ3) is 4.40. The van der Waals surface area contributed by atoms with Gasteiger partial charge in [0.25, 0.3) is 5.91 Å². The Hall–Kier alpha value is -2.87. The number of sulfonamides is 1. The number of amides is 2. The summed E-state index contributed by atoms with van der Waals surface area (Å²) in [6.45, 7) is 3.14. The van der Waals surface area contributed by atoms with Gasteiger partial charge in [0, 0.05) is 0 Å². The first kappa shape index (κ1) is 19.5. The molecular formula is C18H21N3O4S. The van der Waals surface area contributed by atoms with E-state index in [1.165, 1.54) is 12.1 Å². The number of primary amides is 1. The third-order valence-corrected chi connectivity index (χ3v) is 4.96. The largest absolute Gasteiger partial charge is 0.366 e. The zero-order valence-electron chi connectivity index (χ0n) is 14.8. The summed E-state index contributed by atoms with van der Waals surface area (Å²) in [4.78, 5) is 23.9. The molecule has 3 N–H and O–H groups in total. The molecule has 26 heavy (non-hydrogen) atoms. The van der Waals surface area contributed by atoms with Crippen LogP contribution in [0.1, 0.15) is 21.5 Å². The summed E-state index contributed by atoms with van der Waals surface area (Å²) in [5.74, 6) is -1.26. The van der Waals surface area contributed by atoms with Crippen LogP contribution in [-0.4, -0.2) is 33.0 Å². The van der Waals surface area contributed by atoms with Crippen molar-refractivity contribution in [2.24, 2.45) is 5.73 Å². The lowest BCUT2D eigenvalue weighted by molar-refractivity contribution is -0.114. The molecule has 0 aromatic heterocycles. The summed E-state index contributed by atoms with van der Waals surface area (Å²) in [5, 5.41) is 2.56. The maximum Gasteiger partial charge on any atom is 0.250 e. The molecule has 0 aliphatic rings. The first-order chi connectivity index (χ1) is 12.1. The summed E-state index contributed by atoms with van der Waals surface area (Å²) >= 11 is 0. The number of hydrogen-bond donors (Lipinski definition) is 2. The Morgan fingerprint density at radius 3 is 2.15 bits per heavy atom. The van der Waals surface area contributed by atoms with Crippen LogP contribution in [0.3, 0.4) is 0 Å². The van der Waals surface area contributed by atoms with Crippen LogP contribution < -0.4 is 15.4 Å². The highest BCUT2D eigenvalue weighted by molar-refractivity contribution is 7.92. The molecule has 2 amide bonds. The van der Waals surface area contributed by atoms with Gasteiger partial charge in [0.15, 0.2) is 0 Å². The van der Waals surface area contributed by atoms with Crippen molar-refractivity contribution in [3.63, 3.8) is 0 Å². The molecule has 138 valence electrons. The van der Waals surface area contributed by atoms with Gasteiger partial charge >= 0.3 is 0 Å². The van der Waals surface area contributed by atoms with Crippen LogP contribution in [-0.2, 0) is 14.8 Å². The van der Waals surface area contributed by atoms with Gasteiger partial charge in [-0.25, -0.2) is 8.42 Å². The number of rotatable bonds is 6. The molecule has 0 saturated heterocycles. The fourth-order valence-corrected chi connectivity index (χ4v) is 3.66. The quantitative estimate of drug-likeness (QED) is 0.802. The summed E-state index contributed by atoms with van der Waals surface area (Å²) in [6.07, 6.45) is 1.05. The van der Waals surface area contributed by atoms with E-state index in [0.29, 0.717) is 5.69 Å². The summed E-state index contributed by atoms with van der Waals surface area (Å²) in [7, 11) is -3.70. The molecule has 0 aliphatic carbocycles. The van der Waals surface area contributed by atoms with Crippen LogP contribution in [0, 0.1) is 13.8 Å². The smallest absolute Gasteiger partial charge is 0.250 e. The second kappa shape index (κ2) is 7.57. The average Bonchev–Trinajstić information content (AvgIpc) is 2.53. The number of carbonyl (C=O) groups is 2. The van der Waals surface area contributed by atoms with Gasteiger partial charge in [-0.3, -0.25) is 13.9 Å². The van der Waals surface area contributed by atoms with Gasteiger partial charge in [-0.1, -0.05) is 30.3 Å².